The predicted octanol–water partition coefficient (Wildman–Crippen LogP) is 2.54. The minimum absolute atomic E-state index is 0.153. The van der Waals surface area contributed by atoms with Crippen molar-refractivity contribution in [3.63, 3.8) is 0 Å². The highest BCUT2D eigenvalue weighted by Gasteiger charge is 2.12. The van der Waals surface area contributed by atoms with E-state index >= 15 is 0 Å². The average molecular weight is 257 g/mol. The summed E-state index contributed by atoms with van der Waals surface area (Å²) in [5, 5.41) is 1.95. The summed E-state index contributed by atoms with van der Waals surface area (Å²) in [6, 6.07) is 8.02. The second-order valence-corrected chi connectivity index (χ2v) is 4.97. The second kappa shape index (κ2) is 3.96. The fraction of sp³-hybridized carbons (Fsp3) is 0.0769. The zero-order valence-corrected chi connectivity index (χ0v) is 10.5. The van der Waals surface area contributed by atoms with Crippen molar-refractivity contribution in [2.75, 3.05) is 5.73 Å². The van der Waals surface area contributed by atoms with Crippen molar-refractivity contribution in [1.82, 2.24) is 9.97 Å². The lowest BCUT2D eigenvalue weighted by atomic mass is 10.0. The first kappa shape index (κ1) is 11.0. The lowest BCUT2D eigenvalue weighted by Crippen LogP contribution is -2.09. The molecule has 2 aromatic heterocycles. The molecule has 0 bridgehead atoms. The summed E-state index contributed by atoms with van der Waals surface area (Å²) >= 11 is 1.39. The van der Waals surface area contributed by atoms with Crippen molar-refractivity contribution in [3.8, 4) is 11.1 Å². The van der Waals surface area contributed by atoms with Gasteiger partial charge in [-0.3, -0.25) is 9.78 Å². The highest BCUT2D eigenvalue weighted by atomic mass is 32.1. The summed E-state index contributed by atoms with van der Waals surface area (Å²) in [7, 11) is 0. The van der Waals surface area contributed by atoms with E-state index in [-0.39, 0.29) is 11.5 Å². The monoisotopic (exact) mass is 257 g/mol. The Kier molecular flexibility index (Phi) is 2.41. The van der Waals surface area contributed by atoms with Crippen LogP contribution in [-0.4, -0.2) is 9.97 Å². The van der Waals surface area contributed by atoms with Gasteiger partial charge >= 0.3 is 0 Å². The summed E-state index contributed by atoms with van der Waals surface area (Å²) in [6.45, 7) is 2.04. The van der Waals surface area contributed by atoms with Crippen LogP contribution >= 0.6 is 11.3 Å². The third-order valence-electron chi connectivity index (χ3n) is 2.88. The molecule has 3 N–H and O–H groups in total. The number of nitrogens with one attached hydrogen (secondary N) is 1. The van der Waals surface area contributed by atoms with Crippen LogP contribution in [0.15, 0.2) is 34.4 Å². The normalized spacial score (nSPS) is 10.9. The number of aryl methyl sites for hydroxylation is 1. The average Bonchev–Trinajstić information content (AvgIpc) is 2.73. The van der Waals surface area contributed by atoms with E-state index in [9.17, 15) is 4.79 Å². The Balaban J connectivity index is 2.38. The van der Waals surface area contributed by atoms with Crippen LogP contribution in [0.1, 0.15) is 5.56 Å². The molecule has 0 aliphatic heterocycles. The first-order chi connectivity index (χ1) is 8.66. The van der Waals surface area contributed by atoms with Gasteiger partial charge in [-0.15, -0.1) is 11.3 Å². The predicted molar refractivity (Wildman–Crippen MR) is 74.8 cm³/mol. The number of fused-ring (bicyclic) bond motifs is 1. The maximum absolute atomic E-state index is 11.8. The SMILES string of the molecule is Cc1ccccc1-c1csc2c(=O)[nH]c(N)nc12. The maximum Gasteiger partial charge on any atom is 0.270 e. The molecule has 0 aliphatic carbocycles. The molecule has 18 heavy (non-hydrogen) atoms. The first-order valence-electron chi connectivity index (χ1n) is 5.50. The van der Waals surface area contributed by atoms with E-state index in [1.54, 1.807) is 0 Å². The number of nitrogens with zero attached hydrogens (tertiary/aromatic N) is 1. The molecule has 0 saturated carbocycles. The van der Waals surface area contributed by atoms with Crippen LogP contribution in [0.4, 0.5) is 5.95 Å². The van der Waals surface area contributed by atoms with E-state index in [2.05, 4.69) is 9.97 Å². The molecule has 5 heteroatoms. The van der Waals surface area contributed by atoms with Crippen LogP contribution < -0.4 is 11.3 Å². The highest BCUT2D eigenvalue weighted by Crippen LogP contribution is 2.32. The van der Waals surface area contributed by atoms with Gasteiger partial charge in [-0.1, -0.05) is 24.3 Å². The maximum atomic E-state index is 11.8. The van der Waals surface area contributed by atoms with Gasteiger partial charge in [-0.2, -0.15) is 0 Å². The molecule has 0 saturated heterocycles. The second-order valence-electron chi connectivity index (χ2n) is 4.09. The molecule has 4 nitrogen and oxygen atoms in total. The molecular formula is C13H11N3OS. The Morgan fingerprint density at radius 3 is 2.83 bits per heavy atom. The lowest BCUT2D eigenvalue weighted by molar-refractivity contribution is 1.20. The van der Waals surface area contributed by atoms with Gasteiger partial charge in [0.05, 0.1) is 5.52 Å². The van der Waals surface area contributed by atoms with Gasteiger partial charge in [0.2, 0.25) is 5.95 Å². The molecule has 0 fully saturated rings. The molecule has 3 rings (SSSR count). The number of nitrogens with two attached hydrogens (primary N) is 1. The van der Waals surface area contributed by atoms with Crippen molar-refractivity contribution in [1.29, 1.82) is 0 Å². The van der Waals surface area contributed by atoms with Gasteiger partial charge in [0, 0.05) is 10.9 Å². The van der Waals surface area contributed by atoms with E-state index in [1.807, 2.05) is 36.6 Å². The number of nitrogen functional groups attached to an aromatic ring is 1. The number of rotatable bonds is 1. The van der Waals surface area contributed by atoms with Crippen LogP contribution in [0.25, 0.3) is 21.3 Å². The minimum Gasteiger partial charge on any atom is -0.369 e. The molecule has 0 atom stereocenters. The number of H-pyrrole nitrogens is 1. The smallest absolute Gasteiger partial charge is 0.270 e. The summed E-state index contributed by atoms with van der Waals surface area (Å²) in [4.78, 5) is 18.5. The van der Waals surface area contributed by atoms with Crippen LogP contribution in [0.5, 0.6) is 0 Å². The van der Waals surface area contributed by atoms with E-state index < -0.39 is 0 Å². The van der Waals surface area contributed by atoms with E-state index in [0.29, 0.717) is 10.2 Å². The summed E-state index contributed by atoms with van der Waals surface area (Å²) in [6.07, 6.45) is 0. The van der Waals surface area contributed by atoms with Crippen LogP contribution in [0.2, 0.25) is 0 Å². The van der Waals surface area contributed by atoms with Gasteiger partial charge in [-0.05, 0) is 18.1 Å². The fourth-order valence-electron chi connectivity index (χ4n) is 2.01. The van der Waals surface area contributed by atoms with Gasteiger partial charge in [-0.25, -0.2) is 4.98 Å². The number of hydrogen-bond donors (Lipinski definition) is 2. The molecule has 0 amide bonds. The lowest BCUT2D eigenvalue weighted by Gasteiger charge is -2.03. The van der Waals surface area contributed by atoms with Crippen molar-refractivity contribution in [2.45, 2.75) is 6.92 Å². The third kappa shape index (κ3) is 1.60. The Morgan fingerprint density at radius 2 is 2.06 bits per heavy atom. The van der Waals surface area contributed by atoms with Gasteiger partial charge in [0.15, 0.2) is 0 Å². The number of hydrogen-bond acceptors (Lipinski definition) is 4. The fourth-order valence-corrected chi connectivity index (χ4v) is 2.91. The van der Waals surface area contributed by atoms with E-state index in [0.717, 1.165) is 16.7 Å². The van der Waals surface area contributed by atoms with Crippen LogP contribution in [0, 0.1) is 6.92 Å². The van der Waals surface area contributed by atoms with E-state index in [1.165, 1.54) is 11.3 Å². The van der Waals surface area contributed by atoms with Gasteiger partial charge in [0.1, 0.15) is 4.70 Å². The number of anilines is 1. The quantitative estimate of drug-likeness (QED) is 0.703. The zero-order valence-electron chi connectivity index (χ0n) is 9.73. The van der Waals surface area contributed by atoms with Crippen LogP contribution in [0.3, 0.4) is 0 Å². The Labute approximate surface area is 107 Å². The third-order valence-corrected chi connectivity index (χ3v) is 3.85. The van der Waals surface area contributed by atoms with Crippen LogP contribution in [-0.2, 0) is 0 Å². The Hall–Kier alpha value is -2.14. The molecule has 90 valence electrons. The molecule has 0 unspecified atom stereocenters. The molecule has 1 aromatic carbocycles. The zero-order chi connectivity index (χ0) is 12.7. The summed E-state index contributed by atoms with van der Waals surface area (Å²) in [5.41, 5.74) is 9.30. The Bertz CT molecular complexity index is 788. The van der Waals surface area contributed by atoms with Crippen molar-refractivity contribution >= 4 is 27.5 Å². The molecule has 3 aromatic rings. The molecule has 0 radical (unpaired) electrons. The Morgan fingerprint density at radius 1 is 1.28 bits per heavy atom. The number of aromatic nitrogens is 2. The topological polar surface area (TPSA) is 71.8 Å². The number of thiophene rings is 1. The largest absolute Gasteiger partial charge is 0.369 e. The van der Waals surface area contributed by atoms with Crippen molar-refractivity contribution in [3.05, 3.63) is 45.6 Å². The molecule has 2 heterocycles. The highest BCUT2D eigenvalue weighted by molar-refractivity contribution is 7.17. The first-order valence-corrected chi connectivity index (χ1v) is 6.38. The molecular weight excluding hydrogens is 246 g/mol. The number of aromatic amines is 1. The van der Waals surface area contributed by atoms with Gasteiger partial charge in [0.25, 0.3) is 5.56 Å². The van der Waals surface area contributed by atoms with Crippen molar-refractivity contribution < 1.29 is 0 Å². The summed E-state index contributed by atoms with van der Waals surface area (Å²) < 4.78 is 0.613. The molecule has 0 aliphatic rings. The molecule has 0 spiro atoms. The van der Waals surface area contributed by atoms with Gasteiger partial charge < -0.3 is 5.73 Å². The number of benzene rings is 1. The van der Waals surface area contributed by atoms with E-state index in [4.69, 9.17) is 5.73 Å². The minimum atomic E-state index is -0.178. The summed E-state index contributed by atoms with van der Waals surface area (Å²) in [5.74, 6) is 0.153. The van der Waals surface area contributed by atoms with Crippen molar-refractivity contribution in [2.24, 2.45) is 0 Å². The standard InChI is InChI=1S/C13H11N3OS/c1-7-4-2-3-5-8(7)9-6-18-11-10(9)15-13(14)16-12(11)17/h2-6H,1H3,(H3,14,15,16,17).